The molecule has 4 N–H and O–H groups in total. The molecule has 1 aromatic rings. The normalized spacial score (nSPS) is 13.7. The first-order valence-electron chi connectivity index (χ1n) is 6.02. The molecule has 1 aliphatic heterocycles. The van der Waals surface area contributed by atoms with Gasteiger partial charge in [0.15, 0.2) is 0 Å². The van der Waals surface area contributed by atoms with Crippen LogP contribution in [0.25, 0.3) is 0 Å². The Morgan fingerprint density at radius 3 is 2.94 bits per heavy atom. The van der Waals surface area contributed by atoms with E-state index in [-0.39, 0.29) is 5.91 Å². The Labute approximate surface area is 102 Å². The van der Waals surface area contributed by atoms with Crippen molar-refractivity contribution in [1.29, 1.82) is 0 Å². The van der Waals surface area contributed by atoms with Crippen LogP contribution in [0.3, 0.4) is 0 Å². The molecular formula is C13H19N3O. The second-order valence-corrected chi connectivity index (χ2v) is 4.93. The fraction of sp³-hybridized carbons (Fsp3) is 0.462. The van der Waals surface area contributed by atoms with E-state index in [0.29, 0.717) is 18.0 Å². The molecule has 17 heavy (non-hydrogen) atoms. The number of rotatable bonds is 4. The van der Waals surface area contributed by atoms with Crippen LogP contribution in [0.15, 0.2) is 12.1 Å². The maximum atomic E-state index is 11.3. The number of hydrogen-bond acceptors (Lipinski definition) is 3. The molecule has 0 radical (unpaired) electrons. The number of nitrogens with two attached hydrogens (primary N) is 1. The summed E-state index contributed by atoms with van der Waals surface area (Å²) in [6.07, 6.45) is 1.54. The van der Waals surface area contributed by atoms with Crippen LogP contribution in [0.5, 0.6) is 0 Å². The van der Waals surface area contributed by atoms with Crippen molar-refractivity contribution >= 4 is 23.0 Å². The number of fused-ring (bicyclic) bond motifs is 1. The molecule has 92 valence electrons. The zero-order valence-corrected chi connectivity index (χ0v) is 10.3. The molecule has 0 atom stereocenters. The van der Waals surface area contributed by atoms with Crippen LogP contribution in [-0.4, -0.2) is 12.5 Å². The Morgan fingerprint density at radius 1 is 1.47 bits per heavy atom. The van der Waals surface area contributed by atoms with Crippen molar-refractivity contribution in [2.24, 2.45) is 5.92 Å². The van der Waals surface area contributed by atoms with Gasteiger partial charge in [0, 0.05) is 12.2 Å². The molecule has 0 saturated carbocycles. The molecule has 0 aromatic heterocycles. The van der Waals surface area contributed by atoms with E-state index in [4.69, 9.17) is 5.73 Å². The minimum Gasteiger partial charge on any atom is -0.397 e. The molecular weight excluding hydrogens is 214 g/mol. The summed E-state index contributed by atoms with van der Waals surface area (Å²) in [6.45, 7) is 5.27. The second kappa shape index (κ2) is 4.65. The highest BCUT2D eigenvalue weighted by Crippen LogP contribution is 2.31. The van der Waals surface area contributed by atoms with E-state index in [1.165, 1.54) is 0 Å². The number of anilines is 3. The Bertz CT molecular complexity index is 441. The van der Waals surface area contributed by atoms with E-state index in [2.05, 4.69) is 24.5 Å². The number of amides is 1. The lowest BCUT2D eigenvalue weighted by Crippen LogP contribution is -2.07. The molecule has 1 amide bonds. The Hall–Kier alpha value is -1.71. The predicted molar refractivity (Wildman–Crippen MR) is 71.1 cm³/mol. The molecule has 0 bridgehead atoms. The molecule has 0 unspecified atom stereocenters. The van der Waals surface area contributed by atoms with Gasteiger partial charge >= 0.3 is 0 Å². The van der Waals surface area contributed by atoms with Gasteiger partial charge in [-0.15, -0.1) is 0 Å². The maximum Gasteiger partial charge on any atom is 0.228 e. The monoisotopic (exact) mass is 233 g/mol. The highest BCUT2D eigenvalue weighted by atomic mass is 16.1. The van der Waals surface area contributed by atoms with Gasteiger partial charge in [-0.05, 0) is 30.0 Å². The molecule has 4 heteroatoms. The summed E-state index contributed by atoms with van der Waals surface area (Å²) in [5.41, 5.74) is 9.45. The van der Waals surface area contributed by atoms with E-state index in [9.17, 15) is 4.79 Å². The van der Waals surface area contributed by atoms with Gasteiger partial charge in [-0.1, -0.05) is 13.8 Å². The van der Waals surface area contributed by atoms with Crippen molar-refractivity contribution in [3.8, 4) is 0 Å². The van der Waals surface area contributed by atoms with Gasteiger partial charge in [0.1, 0.15) is 0 Å². The van der Waals surface area contributed by atoms with Crippen LogP contribution >= 0.6 is 0 Å². The van der Waals surface area contributed by atoms with E-state index in [1.807, 2.05) is 12.1 Å². The van der Waals surface area contributed by atoms with Crippen molar-refractivity contribution in [3.05, 3.63) is 17.7 Å². The quantitative estimate of drug-likeness (QED) is 0.698. The third kappa shape index (κ3) is 2.70. The molecule has 0 fully saturated rings. The lowest BCUT2D eigenvalue weighted by Gasteiger charge is -2.12. The van der Waals surface area contributed by atoms with Gasteiger partial charge < -0.3 is 16.4 Å². The fourth-order valence-corrected chi connectivity index (χ4v) is 1.94. The average Bonchev–Trinajstić information content (AvgIpc) is 2.57. The molecule has 0 spiro atoms. The van der Waals surface area contributed by atoms with Gasteiger partial charge in [0.05, 0.1) is 17.8 Å². The van der Waals surface area contributed by atoms with Crippen LogP contribution in [0.2, 0.25) is 0 Å². The first-order valence-corrected chi connectivity index (χ1v) is 6.02. The minimum atomic E-state index is 0.0405. The largest absolute Gasteiger partial charge is 0.397 e. The van der Waals surface area contributed by atoms with Crippen molar-refractivity contribution in [1.82, 2.24) is 0 Å². The smallest absolute Gasteiger partial charge is 0.228 e. The lowest BCUT2D eigenvalue weighted by molar-refractivity contribution is -0.115. The number of nitrogens with one attached hydrogen (secondary N) is 2. The standard InChI is InChI=1S/C13H19N3O/c1-8(2)3-4-15-12-7-11-9(5-10(12)14)6-13(17)16-11/h5,7-8,15H,3-4,6,14H2,1-2H3,(H,16,17). The van der Waals surface area contributed by atoms with E-state index in [1.54, 1.807) is 0 Å². The molecule has 0 saturated heterocycles. The van der Waals surface area contributed by atoms with E-state index < -0.39 is 0 Å². The van der Waals surface area contributed by atoms with Crippen LogP contribution < -0.4 is 16.4 Å². The number of benzene rings is 1. The zero-order valence-electron chi connectivity index (χ0n) is 10.3. The Kier molecular flexibility index (Phi) is 3.22. The summed E-state index contributed by atoms with van der Waals surface area (Å²) in [4.78, 5) is 11.3. The number of nitrogen functional groups attached to an aromatic ring is 1. The van der Waals surface area contributed by atoms with Gasteiger partial charge in [0.25, 0.3) is 0 Å². The van der Waals surface area contributed by atoms with Crippen molar-refractivity contribution < 1.29 is 4.79 Å². The Morgan fingerprint density at radius 2 is 2.24 bits per heavy atom. The average molecular weight is 233 g/mol. The summed E-state index contributed by atoms with van der Waals surface area (Å²) in [7, 11) is 0. The highest BCUT2D eigenvalue weighted by Gasteiger charge is 2.19. The molecule has 4 nitrogen and oxygen atoms in total. The minimum absolute atomic E-state index is 0.0405. The number of carbonyl (C=O) groups is 1. The first-order chi connectivity index (χ1) is 8.06. The van der Waals surface area contributed by atoms with E-state index in [0.717, 1.165) is 29.9 Å². The van der Waals surface area contributed by atoms with Gasteiger partial charge in [-0.3, -0.25) is 4.79 Å². The SMILES string of the molecule is CC(C)CCNc1cc2c(cc1N)CC(=O)N2. The van der Waals surface area contributed by atoms with Crippen LogP contribution in [0.1, 0.15) is 25.8 Å². The molecule has 2 rings (SSSR count). The van der Waals surface area contributed by atoms with Crippen molar-refractivity contribution in [2.45, 2.75) is 26.7 Å². The van der Waals surface area contributed by atoms with Gasteiger partial charge in [0.2, 0.25) is 5.91 Å². The van der Waals surface area contributed by atoms with Gasteiger partial charge in [-0.25, -0.2) is 0 Å². The number of carbonyl (C=O) groups excluding carboxylic acids is 1. The summed E-state index contributed by atoms with van der Waals surface area (Å²) in [5, 5.41) is 6.14. The summed E-state index contributed by atoms with van der Waals surface area (Å²) in [5.74, 6) is 0.705. The van der Waals surface area contributed by atoms with Gasteiger partial charge in [-0.2, -0.15) is 0 Å². The third-order valence-corrected chi connectivity index (χ3v) is 2.94. The van der Waals surface area contributed by atoms with Crippen molar-refractivity contribution in [2.75, 3.05) is 22.9 Å². The summed E-state index contributed by atoms with van der Waals surface area (Å²) < 4.78 is 0. The molecule has 1 heterocycles. The molecule has 1 aliphatic rings. The topological polar surface area (TPSA) is 67.1 Å². The molecule has 1 aromatic carbocycles. The van der Waals surface area contributed by atoms with Crippen LogP contribution in [0, 0.1) is 5.92 Å². The Balaban J connectivity index is 2.08. The highest BCUT2D eigenvalue weighted by molar-refractivity contribution is 6.00. The van der Waals surface area contributed by atoms with Crippen LogP contribution in [-0.2, 0) is 11.2 Å². The maximum absolute atomic E-state index is 11.3. The lowest BCUT2D eigenvalue weighted by atomic mass is 10.1. The first kappa shape index (κ1) is 11.8. The molecule has 0 aliphatic carbocycles. The van der Waals surface area contributed by atoms with Crippen LogP contribution in [0.4, 0.5) is 17.1 Å². The van der Waals surface area contributed by atoms with Crippen molar-refractivity contribution in [3.63, 3.8) is 0 Å². The number of hydrogen-bond donors (Lipinski definition) is 3. The summed E-state index contributed by atoms with van der Waals surface area (Å²) >= 11 is 0. The fourth-order valence-electron chi connectivity index (χ4n) is 1.94. The zero-order chi connectivity index (χ0) is 12.4. The third-order valence-electron chi connectivity index (χ3n) is 2.94. The summed E-state index contributed by atoms with van der Waals surface area (Å²) in [6, 6.07) is 3.81. The van der Waals surface area contributed by atoms with E-state index >= 15 is 0 Å². The predicted octanol–water partition coefficient (Wildman–Crippen LogP) is 2.22. The second-order valence-electron chi connectivity index (χ2n) is 4.93.